The molecule has 1 aromatic rings. The van der Waals surface area contributed by atoms with E-state index in [0.29, 0.717) is 0 Å². The zero-order chi connectivity index (χ0) is 13.1. The zero-order valence-electron chi connectivity index (χ0n) is 11.6. The van der Waals surface area contributed by atoms with Gasteiger partial charge in [0.15, 0.2) is 18.7 Å². The van der Waals surface area contributed by atoms with E-state index in [0.717, 1.165) is 18.4 Å². The SMILES string of the molecule is CCCCCCCCCC[n+]1cccc(C=O)c1. The molecule has 0 radical (unpaired) electrons. The van der Waals surface area contributed by atoms with Crippen LogP contribution in [0.15, 0.2) is 24.5 Å². The van der Waals surface area contributed by atoms with E-state index in [-0.39, 0.29) is 0 Å². The van der Waals surface area contributed by atoms with Crippen molar-refractivity contribution in [1.82, 2.24) is 0 Å². The van der Waals surface area contributed by atoms with Crippen LogP contribution in [0.3, 0.4) is 0 Å². The van der Waals surface area contributed by atoms with Gasteiger partial charge in [-0.25, -0.2) is 4.57 Å². The maximum Gasteiger partial charge on any atom is 0.179 e. The van der Waals surface area contributed by atoms with Gasteiger partial charge in [0.2, 0.25) is 0 Å². The number of aromatic nitrogens is 1. The minimum absolute atomic E-state index is 0.761. The first kappa shape index (κ1) is 14.9. The van der Waals surface area contributed by atoms with Crippen LogP contribution < -0.4 is 4.57 Å². The van der Waals surface area contributed by atoms with Gasteiger partial charge in [0, 0.05) is 12.5 Å². The van der Waals surface area contributed by atoms with Crippen LogP contribution in [0.2, 0.25) is 0 Å². The molecule has 0 saturated heterocycles. The molecule has 0 spiro atoms. The van der Waals surface area contributed by atoms with E-state index in [1.54, 1.807) is 0 Å². The van der Waals surface area contributed by atoms with E-state index in [1.165, 1.54) is 51.4 Å². The van der Waals surface area contributed by atoms with Crippen molar-refractivity contribution in [2.24, 2.45) is 0 Å². The first-order chi connectivity index (χ1) is 8.86. The second-order valence-corrected chi connectivity index (χ2v) is 4.97. The Morgan fingerprint density at radius 3 is 2.39 bits per heavy atom. The first-order valence-electron chi connectivity index (χ1n) is 7.31. The molecule has 2 heteroatoms. The Hall–Kier alpha value is -1.18. The molecule has 0 aliphatic carbocycles. The van der Waals surface area contributed by atoms with E-state index in [2.05, 4.69) is 11.5 Å². The highest BCUT2D eigenvalue weighted by Crippen LogP contribution is 2.08. The highest BCUT2D eigenvalue weighted by molar-refractivity contribution is 5.73. The minimum atomic E-state index is 0.761. The Labute approximate surface area is 111 Å². The summed E-state index contributed by atoms with van der Waals surface area (Å²) in [6.45, 7) is 3.28. The van der Waals surface area contributed by atoms with Gasteiger partial charge in [-0.15, -0.1) is 0 Å². The fraction of sp³-hybridized carbons (Fsp3) is 0.625. The normalized spacial score (nSPS) is 10.5. The summed E-state index contributed by atoms with van der Waals surface area (Å²) in [6, 6.07) is 3.78. The molecule has 0 atom stereocenters. The fourth-order valence-corrected chi connectivity index (χ4v) is 2.18. The number of carbonyl (C=O) groups is 1. The van der Waals surface area contributed by atoms with Crippen molar-refractivity contribution < 1.29 is 9.36 Å². The van der Waals surface area contributed by atoms with E-state index >= 15 is 0 Å². The second kappa shape index (κ2) is 9.81. The van der Waals surface area contributed by atoms with Crippen LogP contribution in [0.5, 0.6) is 0 Å². The summed E-state index contributed by atoms with van der Waals surface area (Å²) in [5.41, 5.74) is 0.761. The monoisotopic (exact) mass is 248 g/mol. The number of aldehydes is 1. The first-order valence-corrected chi connectivity index (χ1v) is 7.31. The molecule has 2 nitrogen and oxygen atoms in total. The third-order valence-electron chi connectivity index (χ3n) is 3.29. The summed E-state index contributed by atoms with van der Waals surface area (Å²) in [4.78, 5) is 10.6. The van der Waals surface area contributed by atoms with Crippen molar-refractivity contribution in [2.75, 3.05) is 0 Å². The Kier molecular flexibility index (Phi) is 8.11. The predicted octanol–water partition coefficient (Wildman–Crippen LogP) is 3.93. The fourth-order valence-electron chi connectivity index (χ4n) is 2.18. The maximum absolute atomic E-state index is 10.6. The van der Waals surface area contributed by atoms with Crippen molar-refractivity contribution in [3.8, 4) is 0 Å². The molecule has 0 amide bonds. The number of rotatable bonds is 10. The Bertz CT molecular complexity index is 336. The van der Waals surface area contributed by atoms with Crippen LogP contribution in [0.1, 0.15) is 68.6 Å². The molecule has 0 aliphatic rings. The lowest BCUT2D eigenvalue weighted by Gasteiger charge is -2.00. The molecule has 0 N–H and O–H groups in total. The number of carbonyl (C=O) groups excluding carboxylic acids is 1. The van der Waals surface area contributed by atoms with Crippen LogP contribution in [0.4, 0.5) is 0 Å². The van der Waals surface area contributed by atoms with Gasteiger partial charge in [-0.2, -0.15) is 0 Å². The molecule has 1 aromatic heterocycles. The predicted molar refractivity (Wildman–Crippen MR) is 74.6 cm³/mol. The molecule has 18 heavy (non-hydrogen) atoms. The summed E-state index contributed by atoms with van der Waals surface area (Å²) in [6.07, 6.45) is 15.6. The third kappa shape index (κ3) is 6.53. The smallest absolute Gasteiger partial charge is 0.179 e. The quantitative estimate of drug-likeness (QED) is 0.349. The molecule has 0 unspecified atom stereocenters. The molecule has 0 bridgehead atoms. The van der Waals surface area contributed by atoms with Crippen LogP contribution in [-0.2, 0) is 6.54 Å². The summed E-state index contributed by atoms with van der Waals surface area (Å²) in [5.74, 6) is 0. The van der Waals surface area contributed by atoms with Crippen molar-refractivity contribution in [3.05, 3.63) is 30.1 Å². The van der Waals surface area contributed by atoms with Gasteiger partial charge >= 0.3 is 0 Å². The highest BCUT2D eigenvalue weighted by atomic mass is 16.1. The third-order valence-corrected chi connectivity index (χ3v) is 3.29. The highest BCUT2D eigenvalue weighted by Gasteiger charge is 2.01. The lowest BCUT2D eigenvalue weighted by Crippen LogP contribution is -2.33. The lowest BCUT2D eigenvalue weighted by atomic mass is 10.1. The van der Waals surface area contributed by atoms with Crippen LogP contribution in [0.25, 0.3) is 0 Å². The topological polar surface area (TPSA) is 20.9 Å². The maximum atomic E-state index is 10.6. The zero-order valence-corrected chi connectivity index (χ0v) is 11.6. The summed E-state index contributed by atoms with van der Waals surface area (Å²) < 4.78 is 2.11. The molecule has 1 rings (SSSR count). The largest absolute Gasteiger partial charge is 0.298 e. The van der Waals surface area contributed by atoms with E-state index < -0.39 is 0 Å². The Balaban J connectivity index is 2.05. The number of aryl methyl sites for hydroxylation is 1. The summed E-state index contributed by atoms with van der Waals surface area (Å²) in [7, 11) is 0. The Morgan fingerprint density at radius 1 is 1.06 bits per heavy atom. The van der Waals surface area contributed by atoms with Crippen molar-refractivity contribution in [2.45, 2.75) is 64.8 Å². The molecule has 0 aliphatic heterocycles. The molecule has 1 heterocycles. The standard InChI is InChI=1S/C16H26NO/c1-2-3-4-5-6-7-8-9-12-17-13-10-11-16(14-17)15-18/h10-11,13-15H,2-9,12H2,1H3/q+1. The van der Waals surface area contributed by atoms with Gasteiger partial charge in [0.1, 0.15) is 6.54 Å². The molecule has 0 fully saturated rings. The molecule has 100 valence electrons. The van der Waals surface area contributed by atoms with Gasteiger partial charge in [-0.1, -0.05) is 45.4 Å². The van der Waals surface area contributed by atoms with Crippen LogP contribution in [-0.4, -0.2) is 6.29 Å². The summed E-state index contributed by atoms with van der Waals surface area (Å²) in [5, 5.41) is 0. The number of hydrogen-bond donors (Lipinski definition) is 0. The second-order valence-electron chi connectivity index (χ2n) is 4.97. The Morgan fingerprint density at radius 2 is 1.72 bits per heavy atom. The van der Waals surface area contributed by atoms with Gasteiger partial charge in [0.05, 0.1) is 5.56 Å². The van der Waals surface area contributed by atoms with E-state index in [1.807, 2.05) is 24.5 Å². The van der Waals surface area contributed by atoms with E-state index in [9.17, 15) is 4.79 Å². The number of nitrogens with zero attached hydrogens (tertiary/aromatic N) is 1. The molecule has 0 saturated carbocycles. The molecular weight excluding hydrogens is 222 g/mol. The van der Waals surface area contributed by atoms with Crippen molar-refractivity contribution in [1.29, 1.82) is 0 Å². The lowest BCUT2D eigenvalue weighted by molar-refractivity contribution is -0.697. The van der Waals surface area contributed by atoms with Gasteiger partial charge in [-0.05, 0) is 12.5 Å². The van der Waals surface area contributed by atoms with Crippen LogP contribution >= 0.6 is 0 Å². The van der Waals surface area contributed by atoms with Gasteiger partial charge in [-0.3, -0.25) is 4.79 Å². The number of pyridine rings is 1. The van der Waals surface area contributed by atoms with Gasteiger partial charge < -0.3 is 0 Å². The average Bonchev–Trinajstić information content (AvgIpc) is 2.42. The van der Waals surface area contributed by atoms with Crippen molar-refractivity contribution in [3.63, 3.8) is 0 Å². The number of hydrogen-bond acceptors (Lipinski definition) is 1. The van der Waals surface area contributed by atoms with Crippen LogP contribution in [0, 0.1) is 0 Å². The van der Waals surface area contributed by atoms with Crippen molar-refractivity contribution >= 4 is 6.29 Å². The van der Waals surface area contributed by atoms with Gasteiger partial charge in [0.25, 0.3) is 0 Å². The minimum Gasteiger partial charge on any atom is -0.298 e. The summed E-state index contributed by atoms with van der Waals surface area (Å²) >= 11 is 0. The molecule has 0 aromatic carbocycles. The number of unbranched alkanes of at least 4 members (excludes halogenated alkanes) is 7. The molecular formula is C16H26NO+. The average molecular weight is 248 g/mol. The van der Waals surface area contributed by atoms with E-state index in [4.69, 9.17) is 0 Å².